The molecule has 0 saturated carbocycles. The molecule has 0 spiro atoms. The highest BCUT2D eigenvalue weighted by Crippen LogP contribution is 2.39. The van der Waals surface area contributed by atoms with Crippen LogP contribution in [0.3, 0.4) is 0 Å². The van der Waals surface area contributed by atoms with Crippen molar-refractivity contribution >= 4 is 17.8 Å². The molecule has 1 heteroatoms. The first-order valence-corrected chi connectivity index (χ1v) is 10.8. The first-order chi connectivity index (χ1) is 14.0. The molecule has 2 N–H and O–H groups in total. The van der Waals surface area contributed by atoms with Crippen molar-refractivity contribution in [3.63, 3.8) is 0 Å². The van der Waals surface area contributed by atoms with E-state index in [2.05, 4.69) is 80.2 Å². The second-order valence-electron chi connectivity index (χ2n) is 9.27. The van der Waals surface area contributed by atoms with Crippen molar-refractivity contribution in [2.75, 3.05) is 5.73 Å². The zero-order valence-corrected chi connectivity index (χ0v) is 19.7. The minimum atomic E-state index is 0.914. The van der Waals surface area contributed by atoms with E-state index in [0.29, 0.717) is 0 Å². The highest BCUT2D eigenvalue weighted by molar-refractivity contribution is 5.92. The average molecular weight is 396 g/mol. The number of rotatable bonds is 1. The lowest BCUT2D eigenvalue weighted by Gasteiger charge is -2.28. The Balaban J connectivity index is 2.33. The van der Waals surface area contributed by atoms with Crippen molar-refractivity contribution in [3.05, 3.63) is 95.4 Å². The van der Waals surface area contributed by atoms with Gasteiger partial charge >= 0.3 is 0 Å². The van der Waals surface area contributed by atoms with E-state index in [0.717, 1.165) is 17.3 Å². The summed E-state index contributed by atoms with van der Waals surface area (Å²) in [5, 5.41) is 2.48. The van der Waals surface area contributed by atoms with Crippen LogP contribution in [0.15, 0.2) is 18.2 Å². The predicted molar refractivity (Wildman–Crippen MR) is 131 cm³/mol. The highest BCUT2D eigenvalue weighted by atomic mass is 14.6. The van der Waals surface area contributed by atoms with E-state index < -0.39 is 0 Å². The van der Waals surface area contributed by atoms with Gasteiger partial charge in [-0.3, -0.25) is 0 Å². The third-order valence-electron chi connectivity index (χ3n) is 7.56. The summed E-state index contributed by atoms with van der Waals surface area (Å²) in [5.41, 5.74) is 24.8. The van der Waals surface area contributed by atoms with Crippen LogP contribution in [0.1, 0.15) is 66.8 Å². The van der Waals surface area contributed by atoms with E-state index in [1.165, 1.54) is 77.6 Å². The minimum Gasteiger partial charge on any atom is -0.398 e. The quantitative estimate of drug-likeness (QED) is 0.435. The van der Waals surface area contributed by atoms with Crippen LogP contribution >= 0.6 is 0 Å². The molecule has 0 saturated heterocycles. The van der Waals surface area contributed by atoms with Crippen LogP contribution in [0.5, 0.6) is 0 Å². The third-order valence-corrected chi connectivity index (χ3v) is 7.56. The lowest BCUT2D eigenvalue weighted by Crippen LogP contribution is -2.29. The largest absolute Gasteiger partial charge is 0.398 e. The van der Waals surface area contributed by atoms with Gasteiger partial charge in [-0.25, -0.2) is 0 Å². The number of benzene rings is 3. The molecule has 0 fully saturated rings. The predicted octanol–water partition coefficient (Wildman–Crippen LogP) is 5.30. The number of aryl methyl sites for hydroxylation is 3. The van der Waals surface area contributed by atoms with Gasteiger partial charge in [0.15, 0.2) is 0 Å². The Kier molecular flexibility index (Phi) is 4.69. The molecule has 0 aliphatic heterocycles. The van der Waals surface area contributed by atoms with E-state index in [-0.39, 0.29) is 0 Å². The Labute approximate surface area is 181 Å². The lowest BCUT2D eigenvalue weighted by molar-refractivity contribution is 1.05. The lowest BCUT2D eigenvalue weighted by atomic mass is 9.76. The Morgan fingerprint density at radius 2 is 1.33 bits per heavy atom. The molecular formula is C29H33N. The van der Waals surface area contributed by atoms with Gasteiger partial charge in [0.25, 0.3) is 0 Å². The maximum atomic E-state index is 6.85. The van der Waals surface area contributed by atoms with Gasteiger partial charge in [-0.1, -0.05) is 30.3 Å². The maximum Gasteiger partial charge on any atom is 0.0429 e. The molecule has 30 heavy (non-hydrogen) atoms. The number of fused-ring (bicyclic) bond motifs is 2. The van der Waals surface area contributed by atoms with Crippen LogP contribution in [0.2, 0.25) is 0 Å². The molecule has 0 radical (unpaired) electrons. The average Bonchev–Trinajstić information content (AvgIpc) is 2.69. The van der Waals surface area contributed by atoms with Gasteiger partial charge < -0.3 is 5.73 Å². The number of hydrogen-bond donors (Lipinski definition) is 1. The van der Waals surface area contributed by atoms with Crippen molar-refractivity contribution in [2.24, 2.45) is 0 Å². The fraction of sp³-hybridized carbons (Fsp3) is 0.310. The molecule has 3 aromatic carbocycles. The van der Waals surface area contributed by atoms with Crippen LogP contribution in [-0.4, -0.2) is 0 Å². The third kappa shape index (κ3) is 2.75. The van der Waals surface area contributed by atoms with E-state index in [4.69, 9.17) is 5.73 Å². The van der Waals surface area contributed by atoms with Gasteiger partial charge in [0.1, 0.15) is 0 Å². The fourth-order valence-corrected chi connectivity index (χ4v) is 5.23. The Bertz CT molecular complexity index is 1320. The van der Waals surface area contributed by atoms with Gasteiger partial charge in [-0.05, 0) is 133 Å². The molecule has 4 rings (SSSR count). The van der Waals surface area contributed by atoms with Crippen LogP contribution < -0.4 is 16.2 Å². The SMILES string of the molecule is C=c1c(C)cc2c(c1C)Cc1c(C)cc(C)cc1C=2c1c(C)c(C)c(C)c(C)c1N. The molecule has 0 aromatic heterocycles. The Morgan fingerprint density at radius 1 is 0.700 bits per heavy atom. The second-order valence-corrected chi connectivity index (χ2v) is 9.27. The number of anilines is 1. The zero-order valence-electron chi connectivity index (χ0n) is 19.7. The summed E-state index contributed by atoms with van der Waals surface area (Å²) in [6.07, 6.45) is 0.956. The Morgan fingerprint density at radius 3 is 2.00 bits per heavy atom. The summed E-state index contributed by atoms with van der Waals surface area (Å²) in [6.45, 7) is 22.0. The van der Waals surface area contributed by atoms with Crippen LogP contribution in [0.25, 0.3) is 12.2 Å². The van der Waals surface area contributed by atoms with Gasteiger partial charge in [-0.15, -0.1) is 0 Å². The molecular weight excluding hydrogens is 362 g/mol. The molecule has 0 unspecified atom stereocenters. The minimum absolute atomic E-state index is 0.914. The summed E-state index contributed by atoms with van der Waals surface area (Å²) in [6, 6.07) is 6.99. The molecule has 154 valence electrons. The molecule has 3 aromatic rings. The number of nitrogens with two attached hydrogens (primary N) is 1. The number of nitrogen functional groups attached to an aromatic ring is 1. The molecule has 0 atom stereocenters. The van der Waals surface area contributed by atoms with E-state index in [1.807, 2.05) is 0 Å². The van der Waals surface area contributed by atoms with Crippen molar-refractivity contribution in [1.82, 2.24) is 0 Å². The second kappa shape index (κ2) is 6.87. The summed E-state index contributed by atoms with van der Waals surface area (Å²) in [5.74, 6) is 0. The van der Waals surface area contributed by atoms with Crippen LogP contribution in [0.4, 0.5) is 5.69 Å². The smallest absolute Gasteiger partial charge is 0.0429 e. The standard InChI is InChI=1S/C29H33N/c1-14-10-16(3)23-13-24-20(7)17(4)15(2)12-26(24)28(25(23)11-14)27-21(8)18(5)19(6)22(9)29(27)30/h10-12H,4,13,30H2,1-3,5-9H3. The summed E-state index contributed by atoms with van der Waals surface area (Å²) >= 11 is 0. The summed E-state index contributed by atoms with van der Waals surface area (Å²) < 4.78 is 0. The van der Waals surface area contributed by atoms with Crippen molar-refractivity contribution < 1.29 is 0 Å². The molecule has 0 heterocycles. The van der Waals surface area contributed by atoms with E-state index in [1.54, 1.807) is 0 Å². The topological polar surface area (TPSA) is 26.0 Å². The first kappa shape index (κ1) is 20.5. The number of hydrogen-bond acceptors (Lipinski definition) is 1. The maximum absolute atomic E-state index is 6.85. The highest BCUT2D eigenvalue weighted by Gasteiger charge is 2.26. The summed E-state index contributed by atoms with van der Waals surface area (Å²) in [7, 11) is 0. The van der Waals surface area contributed by atoms with Crippen molar-refractivity contribution in [1.29, 1.82) is 0 Å². The molecule has 0 bridgehead atoms. The van der Waals surface area contributed by atoms with Gasteiger partial charge in [-0.2, -0.15) is 0 Å². The first-order valence-electron chi connectivity index (χ1n) is 10.8. The van der Waals surface area contributed by atoms with Crippen molar-refractivity contribution in [2.45, 2.75) is 61.8 Å². The van der Waals surface area contributed by atoms with Gasteiger partial charge in [0.05, 0.1) is 0 Å². The van der Waals surface area contributed by atoms with E-state index >= 15 is 0 Å². The zero-order chi connectivity index (χ0) is 22.1. The van der Waals surface area contributed by atoms with Gasteiger partial charge in [0, 0.05) is 11.3 Å². The van der Waals surface area contributed by atoms with Crippen molar-refractivity contribution in [3.8, 4) is 0 Å². The summed E-state index contributed by atoms with van der Waals surface area (Å²) in [4.78, 5) is 0. The van der Waals surface area contributed by atoms with E-state index in [9.17, 15) is 0 Å². The monoisotopic (exact) mass is 395 g/mol. The van der Waals surface area contributed by atoms with Crippen LogP contribution in [0, 0.1) is 55.4 Å². The molecule has 1 aliphatic rings. The molecule has 1 nitrogen and oxygen atoms in total. The van der Waals surface area contributed by atoms with Crippen LogP contribution in [-0.2, 0) is 6.42 Å². The normalized spacial score (nSPS) is 12.7. The fourth-order valence-electron chi connectivity index (χ4n) is 5.23. The molecule has 0 amide bonds. The molecule has 1 aliphatic carbocycles. The van der Waals surface area contributed by atoms with Gasteiger partial charge in [0.2, 0.25) is 0 Å². The Hall–Kier alpha value is -2.80.